The average molecular weight is 274 g/mol. The van der Waals surface area contributed by atoms with E-state index in [-0.39, 0.29) is 5.60 Å². The molecule has 0 aliphatic carbocycles. The van der Waals surface area contributed by atoms with E-state index in [0.29, 0.717) is 12.2 Å². The number of rotatable bonds is 4. The number of benzene rings is 1. The van der Waals surface area contributed by atoms with Gasteiger partial charge in [0.1, 0.15) is 0 Å². The van der Waals surface area contributed by atoms with Crippen molar-refractivity contribution >= 4 is 0 Å². The molecule has 2 nitrogen and oxygen atoms in total. The van der Waals surface area contributed by atoms with Crippen LogP contribution in [-0.2, 0) is 15.9 Å². The molecule has 2 aliphatic heterocycles. The Balaban J connectivity index is 1.54. The van der Waals surface area contributed by atoms with Crippen LogP contribution in [0.1, 0.15) is 51.0 Å². The van der Waals surface area contributed by atoms with Crippen LogP contribution in [0.4, 0.5) is 0 Å². The van der Waals surface area contributed by atoms with Gasteiger partial charge in [0.05, 0.1) is 17.8 Å². The fourth-order valence-electron chi connectivity index (χ4n) is 3.64. The molecule has 1 aromatic carbocycles. The Labute approximate surface area is 122 Å². The van der Waals surface area contributed by atoms with Gasteiger partial charge >= 0.3 is 0 Å². The van der Waals surface area contributed by atoms with Crippen molar-refractivity contribution in [1.82, 2.24) is 0 Å². The summed E-state index contributed by atoms with van der Waals surface area (Å²) in [6, 6.07) is 10.7. The Bertz CT molecular complexity index is 409. The predicted molar refractivity (Wildman–Crippen MR) is 80.9 cm³/mol. The van der Waals surface area contributed by atoms with E-state index in [1.54, 1.807) is 0 Å². The Kier molecular flexibility index (Phi) is 4.42. The van der Waals surface area contributed by atoms with Crippen molar-refractivity contribution in [3.05, 3.63) is 35.9 Å². The lowest BCUT2D eigenvalue weighted by molar-refractivity contribution is -0.0930. The summed E-state index contributed by atoms with van der Waals surface area (Å²) in [4.78, 5) is 0. The summed E-state index contributed by atoms with van der Waals surface area (Å²) in [5.41, 5.74) is 1.46. The Morgan fingerprint density at radius 3 is 2.65 bits per heavy atom. The van der Waals surface area contributed by atoms with E-state index in [2.05, 4.69) is 37.3 Å². The van der Waals surface area contributed by atoms with Gasteiger partial charge in [0, 0.05) is 13.0 Å². The molecule has 0 bridgehead atoms. The lowest BCUT2D eigenvalue weighted by Crippen LogP contribution is -2.36. The lowest BCUT2D eigenvalue weighted by atomic mass is 9.90. The molecule has 2 fully saturated rings. The van der Waals surface area contributed by atoms with Crippen molar-refractivity contribution in [3.8, 4) is 0 Å². The molecular formula is C18H26O2. The molecule has 0 aromatic heterocycles. The van der Waals surface area contributed by atoms with E-state index in [4.69, 9.17) is 9.47 Å². The average Bonchev–Trinajstić information content (AvgIpc) is 2.87. The second-order valence-electron chi connectivity index (χ2n) is 6.61. The summed E-state index contributed by atoms with van der Waals surface area (Å²) < 4.78 is 12.3. The summed E-state index contributed by atoms with van der Waals surface area (Å²) >= 11 is 0. The van der Waals surface area contributed by atoms with E-state index in [9.17, 15) is 0 Å². The van der Waals surface area contributed by atoms with E-state index >= 15 is 0 Å². The van der Waals surface area contributed by atoms with Crippen molar-refractivity contribution < 1.29 is 9.47 Å². The van der Waals surface area contributed by atoms with Crippen LogP contribution in [0.15, 0.2) is 30.3 Å². The summed E-state index contributed by atoms with van der Waals surface area (Å²) in [6.07, 6.45) is 8.98. The fraction of sp³-hybridized carbons (Fsp3) is 0.667. The molecule has 1 aromatic rings. The number of hydrogen-bond acceptors (Lipinski definition) is 2. The predicted octanol–water partition coefficient (Wildman–Crippen LogP) is 4.13. The molecule has 20 heavy (non-hydrogen) atoms. The van der Waals surface area contributed by atoms with Gasteiger partial charge in [-0.1, -0.05) is 30.3 Å². The van der Waals surface area contributed by atoms with Crippen molar-refractivity contribution in [2.45, 2.75) is 69.7 Å². The molecule has 0 amide bonds. The minimum absolute atomic E-state index is 0.0688. The molecule has 0 N–H and O–H groups in total. The van der Waals surface area contributed by atoms with E-state index < -0.39 is 0 Å². The van der Waals surface area contributed by atoms with Crippen molar-refractivity contribution in [2.75, 3.05) is 6.61 Å². The molecule has 2 aliphatic rings. The molecule has 2 heterocycles. The molecule has 3 rings (SSSR count). The number of hydrogen-bond donors (Lipinski definition) is 0. The topological polar surface area (TPSA) is 18.5 Å². The normalized spacial score (nSPS) is 34.2. The summed E-state index contributed by atoms with van der Waals surface area (Å²) in [7, 11) is 0. The van der Waals surface area contributed by atoms with Gasteiger partial charge < -0.3 is 9.47 Å². The largest absolute Gasteiger partial charge is 0.375 e. The van der Waals surface area contributed by atoms with Crippen molar-refractivity contribution in [3.63, 3.8) is 0 Å². The van der Waals surface area contributed by atoms with Gasteiger partial charge in [0.15, 0.2) is 0 Å². The van der Waals surface area contributed by atoms with Crippen LogP contribution in [0.5, 0.6) is 0 Å². The van der Waals surface area contributed by atoms with Gasteiger partial charge in [-0.25, -0.2) is 0 Å². The Morgan fingerprint density at radius 2 is 1.90 bits per heavy atom. The molecule has 0 unspecified atom stereocenters. The van der Waals surface area contributed by atoms with Gasteiger partial charge in [-0.15, -0.1) is 0 Å². The fourth-order valence-corrected chi connectivity index (χ4v) is 3.64. The molecule has 0 spiro atoms. The van der Waals surface area contributed by atoms with Crippen LogP contribution in [0.3, 0.4) is 0 Å². The molecule has 3 atom stereocenters. The van der Waals surface area contributed by atoms with Gasteiger partial charge in [0.25, 0.3) is 0 Å². The minimum Gasteiger partial charge on any atom is -0.375 e. The highest BCUT2D eigenvalue weighted by Gasteiger charge is 2.35. The third-order valence-corrected chi connectivity index (χ3v) is 4.70. The van der Waals surface area contributed by atoms with Crippen LogP contribution < -0.4 is 0 Å². The molecule has 110 valence electrons. The maximum absolute atomic E-state index is 6.34. The summed E-state index contributed by atoms with van der Waals surface area (Å²) in [5, 5.41) is 0. The smallest absolute Gasteiger partial charge is 0.0680 e. The van der Waals surface area contributed by atoms with E-state index in [1.807, 2.05) is 0 Å². The minimum atomic E-state index is 0.0688. The van der Waals surface area contributed by atoms with Crippen LogP contribution >= 0.6 is 0 Å². The monoisotopic (exact) mass is 274 g/mol. The zero-order valence-corrected chi connectivity index (χ0v) is 12.5. The first-order chi connectivity index (χ1) is 9.73. The molecule has 0 radical (unpaired) electrons. The van der Waals surface area contributed by atoms with Crippen LogP contribution in [0.2, 0.25) is 0 Å². The first-order valence-corrected chi connectivity index (χ1v) is 8.07. The van der Waals surface area contributed by atoms with Gasteiger partial charge in [-0.2, -0.15) is 0 Å². The van der Waals surface area contributed by atoms with Gasteiger partial charge in [-0.3, -0.25) is 0 Å². The van der Waals surface area contributed by atoms with Crippen LogP contribution in [-0.4, -0.2) is 24.4 Å². The molecule has 0 saturated carbocycles. The summed E-state index contributed by atoms with van der Waals surface area (Å²) in [6.45, 7) is 3.18. The first-order valence-electron chi connectivity index (χ1n) is 8.07. The van der Waals surface area contributed by atoms with Gasteiger partial charge in [0.2, 0.25) is 0 Å². The second-order valence-corrected chi connectivity index (χ2v) is 6.61. The quantitative estimate of drug-likeness (QED) is 0.822. The highest BCUT2D eigenvalue weighted by atomic mass is 16.5. The maximum Gasteiger partial charge on any atom is 0.0680 e. The van der Waals surface area contributed by atoms with Crippen LogP contribution in [0.25, 0.3) is 0 Å². The Morgan fingerprint density at radius 1 is 1.10 bits per heavy atom. The van der Waals surface area contributed by atoms with E-state index in [1.165, 1.54) is 37.7 Å². The Hall–Kier alpha value is -0.860. The first kappa shape index (κ1) is 14.1. The van der Waals surface area contributed by atoms with E-state index in [0.717, 1.165) is 19.4 Å². The molecular weight excluding hydrogens is 248 g/mol. The number of ether oxygens (including phenoxy) is 2. The second kappa shape index (κ2) is 6.28. The lowest BCUT2D eigenvalue weighted by Gasteiger charge is -2.35. The standard InChI is InChI=1S/C18H26O2/c1-18(11-6-12-19-18)14-17-10-5-9-16(20-17)13-15-7-3-2-4-8-15/h2-4,7-8,16-17H,5-6,9-14H2,1H3/t16-,17-,18+/m0/s1. The highest BCUT2D eigenvalue weighted by Crippen LogP contribution is 2.34. The maximum atomic E-state index is 6.34. The van der Waals surface area contributed by atoms with Crippen LogP contribution in [0, 0.1) is 0 Å². The summed E-state index contributed by atoms with van der Waals surface area (Å²) in [5.74, 6) is 0. The third kappa shape index (κ3) is 3.62. The molecule has 2 heteroatoms. The third-order valence-electron chi connectivity index (χ3n) is 4.70. The molecule has 2 saturated heterocycles. The zero-order valence-electron chi connectivity index (χ0n) is 12.5. The van der Waals surface area contributed by atoms with Crippen molar-refractivity contribution in [2.24, 2.45) is 0 Å². The zero-order chi connectivity index (χ0) is 13.8. The highest BCUT2D eigenvalue weighted by molar-refractivity contribution is 5.15. The van der Waals surface area contributed by atoms with Crippen molar-refractivity contribution in [1.29, 1.82) is 0 Å². The van der Waals surface area contributed by atoms with Gasteiger partial charge in [-0.05, 0) is 51.0 Å². The SMILES string of the molecule is C[C@]1(C[C@@H]2CCC[C@@H](Cc3ccccc3)O2)CCCO1.